The Morgan fingerprint density at radius 2 is 1.91 bits per heavy atom. The first-order chi connectivity index (χ1) is 11.1. The van der Waals surface area contributed by atoms with Crippen LogP contribution in [0.2, 0.25) is 0 Å². The summed E-state index contributed by atoms with van der Waals surface area (Å²) >= 11 is 0. The largest absolute Gasteiger partial charge is 0.343 e. The molecule has 4 heteroatoms. The number of carbonyl (C=O) groups excluding carboxylic acids is 1. The molecule has 1 fully saturated rings. The number of carbonyl (C=O) groups is 1. The molecule has 3 rings (SSSR count). The van der Waals surface area contributed by atoms with E-state index in [1.54, 1.807) is 0 Å². The zero-order valence-electron chi connectivity index (χ0n) is 14.3. The van der Waals surface area contributed by atoms with Gasteiger partial charge in [-0.05, 0) is 51.4 Å². The van der Waals surface area contributed by atoms with E-state index in [1.807, 2.05) is 4.90 Å². The van der Waals surface area contributed by atoms with Crippen LogP contribution in [0.15, 0.2) is 30.5 Å². The van der Waals surface area contributed by atoms with E-state index in [1.165, 1.54) is 29.3 Å². The molecule has 1 aromatic heterocycles. The molecule has 124 valence electrons. The molecule has 1 saturated heterocycles. The molecule has 1 amide bonds. The van der Waals surface area contributed by atoms with Crippen LogP contribution in [0.1, 0.15) is 31.2 Å². The topological polar surface area (TPSA) is 28.5 Å². The lowest BCUT2D eigenvalue weighted by Crippen LogP contribution is -2.27. The third kappa shape index (κ3) is 3.75. The lowest BCUT2D eigenvalue weighted by Gasteiger charge is -2.14. The number of aromatic nitrogens is 1. The van der Waals surface area contributed by atoms with Gasteiger partial charge in [0.2, 0.25) is 5.91 Å². The van der Waals surface area contributed by atoms with E-state index in [0.717, 1.165) is 32.6 Å². The van der Waals surface area contributed by atoms with Crippen LogP contribution in [0.3, 0.4) is 0 Å². The molecular weight excluding hydrogens is 286 g/mol. The van der Waals surface area contributed by atoms with Gasteiger partial charge in [-0.1, -0.05) is 18.2 Å². The molecule has 0 aliphatic carbocycles. The quantitative estimate of drug-likeness (QED) is 0.820. The first-order valence-electron chi connectivity index (χ1n) is 8.64. The fourth-order valence-corrected chi connectivity index (χ4v) is 3.50. The number of aryl methyl sites for hydroxylation is 1. The maximum absolute atomic E-state index is 12.2. The second-order valence-corrected chi connectivity index (χ2v) is 6.80. The SMILES string of the molecule is CN(C)Cn1cc(CCCC(=O)N2CCCC2)c2ccccc21. The highest BCUT2D eigenvalue weighted by atomic mass is 16.2. The summed E-state index contributed by atoms with van der Waals surface area (Å²) < 4.78 is 2.30. The summed E-state index contributed by atoms with van der Waals surface area (Å²) in [6.07, 6.45) is 7.18. The Labute approximate surface area is 138 Å². The number of para-hydroxylation sites is 1. The highest BCUT2D eigenvalue weighted by molar-refractivity contribution is 5.84. The van der Waals surface area contributed by atoms with E-state index >= 15 is 0 Å². The van der Waals surface area contributed by atoms with Crippen molar-refractivity contribution < 1.29 is 4.79 Å². The van der Waals surface area contributed by atoms with Crippen LogP contribution < -0.4 is 0 Å². The van der Waals surface area contributed by atoms with Crippen molar-refractivity contribution in [2.24, 2.45) is 0 Å². The van der Waals surface area contributed by atoms with E-state index in [4.69, 9.17) is 0 Å². The van der Waals surface area contributed by atoms with E-state index in [0.29, 0.717) is 12.3 Å². The Balaban J connectivity index is 1.66. The maximum Gasteiger partial charge on any atom is 0.222 e. The maximum atomic E-state index is 12.2. The minimum Gasteiger partial charge on any atom is -0.343 e. The van der Waals surface area contributed by atoms with Crippen molar-refractivity contribution in [3.8, 4) is 0 Å². The smallest absolute Gasteiger partial charge is 0.222 e. The second-order valence-electron chi connectivity index (χ2n) is 6.80. The molecule has 2 heterocycles. The number of likely N-dealkylation sites (tertiary alicyclic amines) is 1. The number of amides is 1. The Hall–Kier alpha value is -1.81. The predicted octanol–water partition coefficient (Wildman–Crippen LogP) is 3.11. The van der Waals surface area contributed by atoms with Crippen molar-refractivity contribution in [2.45, 2.75) is 38.8 Å². The summed E-state index contributed by atoms with van der Waals surface area (Å²) in [5.74, 6) is 0.333. The fraction of sp³-hybridized carbons (Fsp3) is 0.526. The van der Waals surface area contributed by atoms with Gasteiger partial charge in [-0.25, -0.2) is 0 Å². The molecule has 0 saturated carbocycles. The monoisotopic (exact) mass is 313 g/mol. The Morgan fingerprint density at radius 3 is 2.65 bits per heavy atom. The average Bonchev–Trinajstić information content (AvgIpc) is 3.16. The van der Waals surface area contributed by atoms with Gasteiger partial charge in [-0.2, -0.15) is 0 Å². The zero-order valence-corrected chi connectivity index (χ0v) is 14.3. The van der Waals surface area contributed by atoms with Gasteiger partial charge >= 0.3 is 0 Å². The summed E-state index contributed by atoms with van der Waals surface area (Å²) in [6.45, 7) is 2.80. The third-order valence-electron chi connectivity index (χ3n) is 4.60. The number of hydrogen-bond donors (Lipinski definition) is 0. The molecule has 0 radical (unpaired) electrons. The van der Waals surface area contributed by atoms with Gasteiger partial charge in [-0.3, -0.25) is 9.69 Å². The minimum atomic E-state index is 0.333. The standard InChI is InChI=1S/C19H27N3O/c1-20(2)15-22-14-16(17-9-3-4-10-18(17)22)8-7-11-19(23)21-12-5-6-13-21/h3-4,9-10,14H,5-8,11-13,15H2,1-2H3. The van der Waals surface area contributed by atoms with Crippen LogP contribution in [0, 0.1) is 0 Å². The molecule has 0 spiro atoms. The summed E-state index contributed by atoms with van der Waals surface area (Å²) in [4.78, 5) is 16.4. The van der Waals surface area contributed by atoms with Crippen molar-refractivity contribution in [2.75, 3.05) is 27.2 Å². The van der Waals surface area contributed by atoms with Crippen LogP contribution in [-0.2, 0) is 17.9 Å². The molecule has 2 aromatic rings. The highest BCUT2D eigenvalue weighted by Gasteiger charge is 2.17. The van der Waals surface area contributed by atoms with Crippen LogP contribution in [0.4, 0.5) is 0 Å². The second kappa shape index (κ2) is 7.18. The van der Waals surface area contributed by atoms with Gasteiger partial charge in [0, 0.05) is 36.6 Å². The predicted molar refractivity (Wildman–Crippen MR) is 94.4 cm³/mol. The lowest BCUT2D eigenvalue weighted by atomic mass is 10.1. The molecule has 1 aliphatic rings. The Morgan fingerprint density at radius 1 is 1.17 bits per heavy atom. The molecule has 1 aromatic carbocycles. The Bertz CT molecular complexity index is 668. The van der Waals surface area contributed by atoms with Gasteiger partial charge in [0.15, 0.2) is 0 Å². The van der Waals surface area contributed by atoms with Crippen molar-refractivity contribution >= 4 is 16.8 Å². The highest BCUT2D eigenvalue weighted by Crippen LogP contribution is 2.23. The van der Waals surface area contributed by atoms with E-state index in [-0.39, 0.29) is 0 Å². The summed E-state index contributed by atoms with van der Waals surface area (Å²) in [6, 6.07) is 8.56. The van der Waals surface area contributed by atoms with Crippen molar-refractivity contribution in [3.05, 3.63) is 36.0 Å². The van der Waals surface area contributed by atoms with Gasteiger partial charge in [0.1, 0.15) is 0 Å². The van der Waals surface area contributed by atoms with E-state index < -0.39 is 0 Å². The fourth-order valence-electron chi connectivity index (χ4n) is 3.50. The molecule has 0 N–H and O–H groups in total. The molecule has 1 aliphatic heterocycles. The summed E-state index contributed by atoms with van der Waals surface area (Å²) in [5, 5.41) is 1.32. The number of nitrogens with zero attached hydrogens (tertiary/aromatic N) is 3. The molecule has 0 bridgehead atoms. The van der Waals surface area contributed by atoms with Crippen molar-refractivity contribution in [3.63, 3.8) is 0 Å². The lowest BCUT2D eigenvalue weighted by molar-refractivity contribution is -0.130. The van der Waals surface area contributed by atoms with Crippen LogP contribution >= 0.6 is 0 Å². The number of rotatable bonds is 6. The zero-order chi connectivity index (χ0) is 16.2. The third-order valence-corrected chi connectivity index (χ3v) is 4.60. The van der Waals surface area contributed by atoms with Crippen LogP contribution in [0.25, 0.3) is 10.9 Å². The summed E-state index contributed by atoms with van der Waals surface area (Å²) in [5.41, 5.74) is 2.64. The van der Waals surface area contributed by atoms with Gasteiger partial charge in [0.05, 0.1) is 6.67 Å². The minimum absolute atomic E-state index is 0.333. The van der Waals surface area contributed by atoms with E-state index in [2.05, 4.69) is 54.0 Å². The first-order valence-corrected chi connectivity index (χ1v) is 8.64. The molecule has 0 atom stereocenters. The average molecular weight is 313 g/mol. The first kappa shape index (κ1) is 16.1. The van der Waals surface area contributed by atoms with Crippen molar-refractivity contribution in [1.29, 1.82) is 0 Å². The summed E-state index contributed by atoms with van der Waals surface area (Å²) in [7, 11) is 4.17. The van der Waals surface area contributed by atoms with Crippen LogP contribution in [0.5, 0.6) is 0 Å². The Kier molecular flexibility index (Phi) is 5.01. The number of hydrogen-bond acceptors (Lipinski definition) is 2. The van der Waals surface area contributed by atoms with Gasteiger partial charge in [0.25, 0.3) is 0 Å². The number of fused-ring (bicyclic) bond motifs is 1. The van der Waals surface area contributed by atoms with Crippen molar-refractivity contribution in [1.82, 2.24) is 14.4 Å². The van der Waals surface area contributed by atoms with Crippen LogP contribution in [-0.4, -0.2) is 47.5 Å². The molecule has 0 unspecified atom stereocenters. The normalized spacial score (nSPS) is 15.0. The molecule has 4 nitrogen and oxygen atoms in total. The molecular formula is C19H27N3O. The van der Waals surface area contributed by atoms with Gasteiger partial charge in [-0.15, -0.1) is 0 Å². The van der Waals surface area contributed by atoms with Gasteiger partial charge < -0.3 is 9.47 Å². The molecule has 23 heavy (non-hydrogen) atoms. The number of benzene rings is 1. The van der Waals surface area contributed by atoms with E-state index in [9.17, 15) is 4.79 Å².